The van der Waals surface area contributed by atoms with Gasteiger partial charge >= 0.3 is 12.1 Å². The van der Waals surface area contributed by atoms with Gasteiger partial charge in [0.05, 0.1) is 18.6 Å². The van der Waals surface area contributed by atoms with Crippen LogP contribution in [0.15, 0.2) is 30.3 Å². The molecule has 1 aromatic carbocycles. The average molecular weight is 333 g/mol. The summed E-state index contributed by atoms with van der Waals surface area (Å²) < 4.78 is 16.0. The lowest BCUT2D eigenvalue weighted by molar-refractivity contribution is -0.146. The minimum atomic E-state index is -0.521. The van der Waals surface area contributed by atoms with E-state index in [0.717, 1.165) is 18.4 Å². The molecule has 1 heterocycles. The second-order valence-electron chi connectivity index (χ2n) is 6.49. The third kappa shape index (κ3) is 3.70. The van der Waals surface area contributed by atoms with Crippen molar-refractivity contribution < 1.29 is 23.8 Å². The highest BCUT2D eigenvalue weighted by atomic mass is 16.5. The summed E-state index contributed by atoms with van der Waals surface area (Å²) >= 11 is 0. The molecule has 0 aromatic heterocycles. The predicted octanol–water partition coefficient (Wildman–Crippen LogP) is 2.41. The van der Waals surface area contributed by atoms with Crippen LogP contribution in [0.4, 0.5) is 4.79 Å². The highest BCUT2D eigenvalue weighted by molar-refractivity contribution is 5.76. The number of hydrogen-bond donors (Lipinski definition) is 1. The van der Waals surface area contributed by atoms with Crippen LogP contribution in [0.25, 0.3) is 0 Å². The summed E-state index contributed by atoms with van der Waals surface area (Å²) in [7, 11) is 1.37. The van der Waals surface area contributed by atoms with Gasteiger partial charge in [-0.05, 0) is 31.2 Å². The quantitative estimate of drug-likeness (QED) is 0.857. The third-order valence-corrected chi connectivity index (χ3v) is 4.87. The molecule has 1 aromatic rings. The van der Waals surface area contributed by atoms with E-state index in [1.54, 1.807) is 0 Å². The number of ether oxygens (including phenoxy) is 3. The van der Waals surface area contributed by atoms with Gasteiger partial charge in [0.25, 0.3) is 0 Å². The van der Waals surface area contributed by atoms with Crippen LogP contribution in [0, 0.1) is 5.92 Å². The molecule has 3 atom stereocenters. The lowest BCUT2D eigenvalue weighted by Crippen LogP contribution is -2.41. The highest BCUT2D eigenvalue weighted by Gasteiger charge is 2.51. The molecule has 6 heteroatoms. The van der Waals surface area contributed by atoms with Gasteiger partial charge in [0.2, 0.25) is 0 Å². The van der Waals surface area contributed by atoms with Crippen molar-refractivity contribution in [2.24, 2.45) is 5.92 Å². The van der Waals surface area contributed by atoms with Crippen LogP contribution in [0.3, 0.4) is 0 Å². The summed E-state index contributed by atoms with van der Waals surface area (Å²) in [5, 5.41) is 2.82. The number of nitrogens with one attached hydrogen (secondary N) is 1. The van der Waals surface area contributed by atoms with Crippen molar-refractivity contribution in [1.29, 1.82) is 0 Å². The largest absolute Gasteiger partial charge is 0.469 e. The van der Waals surface area contributed by atoms with Gasteiger partial charge in [-0.3, -0.25) is 4.79 Å². The van der Waals surface area contributed by atoms with Gasteiger partial charge in [-0.2, -0.15) is 0 Å². The lowest BCUT2D eigenvalue weighted by Gasteiger charge is -2.22. The Morgan fingerprint density at radius 1 is 1.29 bits per heavy atom. The van der Waals surface area contributed by atoms with Crippen molar-refractivity contribution >= 4 is 12.1 Å². The van der Waals surface area contributed by atoms with Gasteiger partial charge in [-0.15, -0.1) is 0 Å². The number of carbonyl (C=O) groups is 2. The summed E-state index contributed by atoms with van der Waals surface area (Å²) in [5.74, 6) is -0.701. The first-order valence-corrected chi connectivity index (χ1v) is 8.31. The van der Waals surface area contributed by atoms with E-state index in [1.807, 2.05) is 30.3 Å². The minimum Gasteiger partial charge on any atom is -0.469 e. The molecular weight excluding hydrogens is 310 g/mol. The fraction of sp³-hybridized carbons (Fsp3) is 0.556. The van der Waals surface area contributed by atoms with E-state index < -0.39 is 12.0 Å². The van der Waals surface area contributed by atoms with Crippen molar-refractivity contribution in [3.63, 3.8) is 0 Å². The molecule has 1 amide bonds. The summed E-state index contributed by atoms with van der Waals surface area (Å²) in [6, 6.07) is 9.15. The molecule has 0 bridgehead atoms. The number of hydrogen-bond acceptors (Lipinski definition) is 5. The Kier molecular flexibility index (Phi) is 5.04. The average Bonchev–Trinajstić information content (AvgIpc) is 3.20. The first-order valence-electron chi connectivity index (χ1n) is 8.31. The molecule has 2 aliphatic rings. The Bertz CT molecular complexity index is 582. The molecule has 1 saturated heterocycles. The zero-order valence-corrected chi connectivity index (χ0v) is 13.8. The maximum atomic E-state index is 12.1. The van der Waals surface area contributed by atoms with Gasteiger partial charge in [-0.1, -0.05) is 30.3 Å². The van der Waals surface area contributed by atoms with Crippen LogP contribution in [0.1, 0.15) is 31.2 Å². The SMILES string of the molecule is COC(=O)C1CC2(CCCO2)CC1NC(=O)OCc1ccccc1. The number of carbonyl (C=O) groups excluding carboxylic acids is 2. The van der Waals surface area contributed by atoms with Gasteiger partial charge < -0.3 is 19.5 Å². The van der Waals surface area contributed by atoms with Crippen LogP contribution in [0.5, 0.6) is 0 Å². The Balaban J connectivity index is 1.59. The van der Waals surface area contributed by atoms with Crippen molar-refractivity contribution in [2.45, 2.75) is 43.9 Å². The second kappa shape index (κ2) is 7.21. The third-order valence-electron chi connectivity index (χ3n) is 4.87. The van der Waals surface area contributed by atoms with Crippen molar-refractivity contribution in [3.05, 3.63) is 35.9 Å². The Morgan fingerprint density at radius 2 is 2.08 bits per heavy atom. The van der Waals surface area contributed by atoms with Crippen LogP contribution >= 0.6 is 0 Å². The van der Waals surface area contributed by atoms with E-state index >= 15 is 0 Å². The first kappa shape index (κ1) is 16.8. The highest BCUT2D eigenvalue weighted by Crippen LogP contribution is 2.44. The molecule has 130 valence electrons. The molecule has 3 rings (SSSR count). The molecule has 3 unspecified atom stereocenters. The fourth-order valence-corrected chi connectivity index (χ4v) is 3.71. The number of alkyl carbamates (subject to hydrolysis) is 1. The van der Waals surface area contributed by atoms with Gasteiger partial charge in [0, 0.05) is 12.6 Å². The predicted molar refractivity (Wildman–Crippen MR) is 86.2 cm³/mol. The van der Waals surface area contributed by atoms with Crippen molar-refractivity contribution in [1.82, 2.24) is 5.32 Å². The van der Waals surface area contributed by atoms with Crippen LogP contribution in [-0.4, -0.2) is 37.4 Å². The van der Waals surface area contributed by atoms with Crippen LogP contribution in [-0.2, 0) is 25.6 Å². The van der Waals surface area contributed by atoms with E-state index in [2.05, 4.69) is 5.32 Å². The van der Waals surface area contributed by atoms with Crippen molar-refractivity contribution in [2.75, 3.05) is 13.7 Å². The monoisotopic (exact) mass is 333 g/mol. The standard InChI is InChI=1S/C18H23NO5/c1-22-16(20)14-10-18(8-5-9-24-18)11-15(14)19-17(21)23-12-13-6-3-2-4-7-13/h2-4,6-7,14-15H,5,8-12H2,1H3,(H,19,21). The molecular formula is C18H23NO5. The zero-order valence-electron chi connectivity index (χ0n) is 13.8. The van der Waals surface area contributed by atoms with E-state index in [-0.39, 0.29) is 24.2 Å². The Hall–Kier alpha value is -2.08. The Labute approximate surface area is 141 Å². The fourth-order valence-electron chi connectivity index (χ4n) is 3.71. The maximum Gasteiger partial charge on any atom is 0.407 e. The topological polar surface area (TPSA) is 73.9 Å². The van der Waals surface area contributed by atoms with Gasteiger partial charge in [0.15, 0.2) is 0 Å². The summed E-state index contributed by atoms with van der Waals surface area (Å²) in [5.41, 5.74) is 0.607. The number of esters is 1. The van der Waals surface area contributed by atoms with E-state index in [1.165, 1.54) is 7.11 Å². The molecule has 1 aliphatic carbocycles. The van der Waals surface area contributed by atoms with Gasteiger partial charge in [0.1, 0.15) is 6.61 Å². The first-order chi connectivity index (χ1) is 11.6. The van der Waals surface area contributed by atoms with E-state index in [0.29, 0.717) is 19.4 Å². The summed E-state index contributed by atoms with van der Waals surface area (Å²) in [6.07, 6.45) is 2.58. The number of benzene rings is 1. The molecule has 6 nitrogen and oxygen atoms in total. The molecule has 1 saturated carbocycles. The molecule has 0 radical (unpaired) electrons. The van der Waals surface area contributed by atoms with Crippen molar-refractivity contribution in [3.8, 4) is 0 Å². The zero-order chi connectivity index (χ0) is 17.0. The van der Waals surface area contributed by atoms with Crippen LogP contribution in [0.2, 0.25) is 0 Å². The minimum absolute atomic E-state index is 0.198. The number of rotatable bonds is 4. The number of amides is 1. The molecule has 1 N–H and O–H groups in total. The normalized spacial score (nSPS) is 28.7. The van der Waals surface area contributed by atoms with E-state index in [4.69, 9.17) is 14.2 Å². The van der Waals surface area contributed by atoms with Gasteiger partial charge in [-0.25, -0.2) is 4.79 Å². The molecule has 2 fully saturated rings. The lowest BCUT2D eigenvalue weighted by atomic mass is 9.97. The molecule has 24 heavy (non-hydrogen) atoms. The van der Waals surface area contributed by atoms with E-state index in [9.17, 15) is 9.59 Å². The summed E-state index contributed by atoms with van der Waals surface area (Å²) in [4.78, 5) is 24.2. The van der Waals surface area contributed by atoms with Crippen LogP contribution < -0.4 is 5.32 Å². The number of methoxy groups -OCH3 is 1. The molecule has 1 aliphatic heterocycles. The molecule has 1 spiro atoms. The second-order valence-corrected chi connectivity index (χ2v) is 6.49. The smallest absolute Gasteiger partial charge is 0.407 e. The Morgan fingerprint density at radius 3 is 2.75 bits per heavy atom. The summed E-state index contributed by atoms with van der Waals surface area (Å²) in [6.45, 7) is 0.906. The maximum absolute atomic E-state index is 12.1.